The molecule has 4 N–H and O–H groups in total. The van der Waals surface area contributed by atoms with Crippen molar-refractivity contribution in [2.75, 3.05) is 18.5 Å². The molecule has 1 aliphatic heterocycles. The number of halogens is 1. The van der Waals surface area contributed by atoms with E-state index >= 15 is 0 Å². The average molecular weight is 461 g/mol. The predicted octanol–water partition coefficient (Wildman–Crippen LogP) is 2.47. The summed E-state index contributed by atoms with van der Waals surface area (Å²) in [5.41, 5.74) is 1.66. The van der Waals surface area contributed by atoms with Crippen LogP contribution in [0.4, 0.5) is 5.82 Å². The predicted molar refractivity (Wildman–Crippen MR) is 110 cm³/mol. The van der Waals surface area contributed by atoms with Gasteiger partial charge in [0.25, 0.3) is 0 Å². The van der Waals surface area contributed by atoms with E-state index in [1.165, 1.54) is 12.8 Å². The topological polar surface area (TPSA) is 138 Å². The molecule has 1 saturated carbocycles. The van der Waals surface area contributed by atoms with E-state index in [-0.39, 0.29) is 24.1 Å². The van der Waals surface area contributed by atoms with Crippen molar-refractivity contribution in [2.24, 2.45) is 0 Å². The molecule has 10 nitrogen and oxygen atoms in total. The molecule has 2 fully saturated rings. The molecule has 2 aromatic heterocycles. The Morgan fingerprint density at radius 3 is 2.77 bits per heavy atom. The second-order valence-corrected chi connectivity index (χ2v) is 9.89. The molecule has 1 aliphatic carbocycles. The summed E-state index contributed by atoms with van der Waals surface area (Å²) in [5.74, 6) is -0.830. The molecular weight excluding hydrogens is 435 g/mol. The number of nitrogens with one attached hydrogen (secondary N) is 1. The number of anilines is 1. The fourth-order valence-electron chi connectivity index (χ4n) is 4.12. The Balaban J connectivity index is 1.46. The number of hydrogen-bond acceptors (Lipinski definition) is 7. The van der Waals surface area contributed by atoms with Gasteiger partial charge in [0.1, 0.15) is 11.6 Å². The Morgan fingerprint density at radius 2 is 2.07 bits per heavy atom. The molecule has 4 rings (SSSR count). The molecule has 12 heteroatoms. The van der Waals surface area contributed by atoms with Crippen LogP contribution < -0.4 is 5.32 Å². The van der Waals surface area contributed by atoms with E-state index in [4.69, 9.17) is 26.2 Å². The second-order valence-electron chi connectivity index (χ2n) is 7.79. The monoisotopic (exact) mass is 460 g/mol. The van der Waals surface area contributed by atoms with Gasteiger partial charge < -0.3 is 29.7 Å². The van der Waals surface area contributed by atoms with Gasteiger partial charge in [0.15, 0.2) is 11.7 Å². The summed E-state index contributed by atoms with van der Waals surface area (Å²) in [7, 11) is -4.52. The molecule has 166 valence electrons. The van der Waals surface area contributed by atoms with Crippen molar-refractivity contribution in [1.29, 1.82) is 0 Å². The van der Waals surface area contributed by atoms with Crippen molar-refractivity contribution < 1.29 is 28.9 Å². The first-order valence-electron chi connectivity index (χ1n) is 10.1. The Labute approximate surface area is 178 Å². The largest absolute Gasteiger partial charge is 0.393 e. The summed E-state index contributed by atoms with van der Waals surface area (Å²) in [5, 5.41) is 17.1. The maximum Gasteiger partial charge on any atom is 0.356 e. The normalized spacial score (nSPS) is 24.0. The van der Waals surface area contributed by atoms with Gasteiger partial charge in [-0.05, 0) is 49.4 Å². The highest BCUT2D eigenvalue weighted by Crippen LogP contribution is 2.42. The van der Waals surface area contributed by atoms with Crippen LogP contribution >= 0.6 is 19.2 Å². The van der Waals surface area contributed by atoms with E-state index in [1.54, 1.807) is 4.52 Å². The lowest BCUT2D eigenvalue weighted by atomic mass is 10.1. The van der Waals surface area contributed by atoms with E-state index in [2.05, 4.69) is 15.4 Å². The van der Waals surface area contributed by atoms with Crippen LogP contribution in [0.5, 0.6) is 0 Å². The molecule has 0 radical (unpaired) electrons. The molecule has 1 unspecified atom stereocenters. The molecule has 3 atom stereocenters. The van der Waals surface area contributed by atoms with Gasteiger partial charge in [-0.2, -0.15) is 4.98 Å². The molecule has 0 spiro atoms. The van der Waals surface area contributed by atoms with Gasteiger partial charge in [0.2, 0.25) is 5.28 Å². The molecule has 0 amide bonds. The lowest BCUT2D eigenvalue weighted by Gasteiger charge is -2.19. The molecule has 30 heavy (non-hydrogen) atoms. The first-order chi connectivity index (χ1) is 14.3. The average Bonchev–Trinajstić information content (AvgIpc) is 3.41. The van der Waals surface area contributed by atoms with Gasteiger partial charge in [-0.3, -0.25) is 4.57 Å². The van der Waals surface area contributed by atoms with Crippen LogP contribution in [0.3, 0.4) is 0 Å². The standard InChI is InChI=1S/C18H26ClN4O6P/c19-18-21-17(20-11-3-1-2-4-11)14-7-6-13(23(14)22-18)15-8-5-12(29-15)10-28-16(9-24)30(25,26)27/h6-7,11-12,15-16,24H,1-5,8-10H2,(H,20,21,22)(H2,25,26,27)/t12?,15-,16+/m1/s1. The maximum atomic E-state index is 11.3. The Kier molecular flexibility index (Phi) is 6.64. The zero-order valence-electron chi connectivity index (χ0n) is 16.4. The number of aromatic nitrogens is 3. The summed E-state index contributed by atoms with van der Waals surface area (Å²) in [6.07, 6.45) is 5.39. The third-order valence-electron chi connectivity index (χ3n) is 5.65. The van der Waals surface area contributed by atoms with Crippen molar-refractivity contribution in [3.8, 4) is 0 Å². The van der Waals surface area contributed by atoms with Crippen LogP contribution in [0.2, 0.25) is 5.28 Å². The third kappa shape index (κ3) is 4.80. The number of aliphatic hydroxyl groups excluding tert-OH is 1. The molecule has 1 saturated heterocycles. The Bertz CT molecular complexity index is 931. The lowest BCUT2D eigenvalue weighted by Crippen LogP contribution is -2.24. The summed E-state index contributed by atoms with van der Waals surface area (Å²) in [6.45, 7) is -0.768. The van der Waals surface area contributed by atoms with E-state index in [1.807, 2.05) is 12.1 Å². The summed E-state index contributed by atoms with van der Waals surface area (Å²) in [6, 6.07) is 4.25. The van der Waals surface area contributed by atoms with Crippen LogP contribution in [0, 0.1) is 0 Å². The zero-order chi connectivity index (χ0) is 21.3. The minimum absolute atomic E-state index is 0.0135. The number of rotatable bonds is 8. The molecule has 0 bridgehead atoms. The Morgan fingerprint density at radius 1 is 1.30 bits per heavy atom. The summed E-state index contributed by atoms with van der Waals surface area (Å²) >= 11 is 6.18. The summed E-state index contributed by atoms with van der Waals surface area (Å²) in [4.78, 5) is 22.7. The van der Waals surface area contributed by atoms with E-state index < -0.39 is 20.0 Å². The van der Waals surface area contributed by atoms with E-state index in [0.29, 0.717) is 24.7 Å². The van der Waals surface area contributed by atoms with Gasteiger partial charge in [-0.15, -0.1) is 5.10 Å². The van der Waals surface area contributed by atoms with Gasteiger partial charge in [-0.1, -0.05) is 12.8 Å². The van der Waals surface area contributed by atoms with Gasteiger partial charge in [0.05, 0.1) is 25.0 Å². The molecule has 2 aromatic rings. The van der Waals surface area contributed by atoms with Gasteiger partial charge in [0, 0.05) is 6.04 Å². The van der Waals surface area contributed by atoms with Crippen molar-refractivity contribution in [2.45, 2.75) is 62.6 Å². The SMILES string of the molecule is O=P(O)(O)[C@@H](CO)OCC1CC[C@H](c2ccc3c(NC4CCCC4)nc(Cl)nn23)O1. The van der Waals surface area contributed by atoms with Crippen LogP contribution in [-0.4, -0.2) is 60.7 Å². The first-order valence-corrected chi connectivity index (χ1v) is 12.2. The number of hydrogen-bond donors (Lipinski definition) is 4. The van der Waals surface area contributed by atoms with Crippen LogP contribution in [0.25, 0.3) is 5.52 Å². The highest BCUT2D eigenvalue weighted by Gasteiger charge is 2.33. The Hall–Kier alpha value is -1.26. The number of nitrogens with zero attached hydrogens (tertiary/aromatic N) is 3. The highest BCUT2D eigenvalue weighted by molar-refractivity contribution is 7.52. The van der Waals surface area contributed by atoms with Gasteiger partial charge in [-0.25, -0.2) is 4.52 Å². The third-order valence-corrected chi connectivity index (χ3v) is 6.88. The quantitative estimate of drug-likeness (QED) is 0.437. The van der Waals surface area contributed by atoms with Crippen LogP contribution in [0.1, 0.15) is 50.3 Å². The van der Waals surface area contributed by atoms with E-state index in [9.17, 15) is 14.4 Å². The molecule has 2 aliphatic rings. The van der Waals surface area contributed by atoms with Crippen LogP contribution in [-0.2, 0) is 14.0 Å². The maximum absolute atomic E-state index is 11.3. The number of aliphatic hydroxyl groups is 1. The van der Waals surface area contributed by atoms with E-state index in [0.717, 1.165) is 24.1 Å². The van der Waals surface area contributed by atoms with Gasteiger partial charge >= 0.3 is 7.60 Å². The molecule has 3 heterocycles. The minimum Gasteiger partial charge on any atom is -0.393 e. The number of fused-ring (bicyclic) bond motifs is 1. The second kappa shape index (κ2) is 9.08. The van der Waals surface area contributed by atoms with Crippen LogP contribution in [0.15, 0.2) is 12.1 Å². The fraction of sp³-hybridized carbons (Fsp3) is 0.667. The minimum atomic E-state index is -4.52. The zero-order valence-corrected chi connectivity index (χ0v) is 18.0. The molecule has 0 aromatic carbocycles. The van der Waals surface area contributed by atoms with Crippen molar-refractivity contribution >= 4 is 30.5 Å². The fourth-order valence-corrected chi connectivity index (χ4v) is 4.78. The lowest BCUT2D eigenvalue weighted by molar-refractivity contribution is -0.0397. The van der Waals surface area contributed by atoms with Crippen molar-refractivity contribution in [1.82, 2.24) is 14.6 Å². The first kappa shape index (κ1) is 22.0. The van der Waals surface area contributed by atoms with Crippen molar-refractivity contribution in [3.63, 3.8) is 0 Å². The highest BCUT2D eigenvalue weighted by atomic mass is 35.5. The van der Waals surface area contributed by atoms with Crippen molar-refractivity contribution in [3.05, 3.63) is 23.1 Å². The summed E-state index contributed by atoms with van der Waals surface area (Å²) < 4.78 is 24.3. The smallest absolute Gasteiger partial charge is 0.356 e. The number of ether oxygens (including phenoxy) is 2. The molecular formula is C18H26ClN4O6P.